The van der Waals surface area contributed by atoms with E-state index in [4.69, 9.17) is 0 Å². The second-order valence-corrected chi connectivity index (χ2v) is 2.17. The van der Waals surface area contributed by atoms with E-state index in [1.807, 2.05) is 0 Å². The van der Waals surface area contributed by atoms with E-state index < -0.39 is 29.7 Å². The van der Waals surface area contributed by atoms with Gasteiger partial charge in [-0.1, -0.05) is 0 Å². The predicted octanol–water partition coefficient (Wildman–Crippen LogP) is 1.42. The second kappa shape index (κ2) is 2.25. The third-order valence-electron chi connectivity index (χ3n) is 1.42. The van der Waals surface area contributed by atoms with E-state index in [0.717, 1.165) is 7.11 Å². The smallest absolute Gasteiger partial charge is 0.336 e. The molecule has 1 aliphatic rings. The zero-order chi connectivity index (χ0) is 8.65. The van der Waals surface area contributed by atoms with Crippen molar-refractivity contribution in [1.82, 2.24) is 0 Å². The molecule has 62 valence electrons. The van der Waals surface area contributed by atoms with E-state index >= 15 is 0 Å². The van der Waals surface area contributed by atoms with Crippen LogP contribution in [0.3, 0.4) is 0 Å². The third kappa shape index (κ3) is 1.10. The largest absolute Gasteiger partial charge is 0.466 e. The zero-order valence-electron chi connectivity index (χ0n) is 5.66. The molecule has 1 aliphatic carbocycles. The lowest BCUT2D eigenvalue weighted by Gasteiger charge is -2.25. The van der Waals surface area contributed by atoms with Crippen LogP contribution < -0.4 is 0 Å². The van der Waals surface area contributed by atoms with Crippen LogP contribution >= 0.6 is 0 Å². The summed E-state index contributed by atoms with van der Waals surface area (Å²) in [5, 5.41) is 0. The molecule has 0 bridgehead atoms. The first kappa shape index (κ1) is 8.10. The van der Waals surface area contributed by atoms with Crippen molar-refractivity contribution in [3.63, 3.8) is 0 Å². The quantitative estimate of drug-likeness (QED) is 0.550. The first-order valence-corrected chi connectivity index (χ1v) is 2.84. The Bertz CT molecular complexity index is 232. The van der Waals surface area contributed by atoms with Gasteiger partial charge in [0.05, 0.1) is 19.1 Å². The number of alkyl halides is 2. The third-order valence-corrected chi connectivity index (χ3v) is 1.42. The normalized spacial score (nSPS) is 21.1. The number of halogens is 3. The van der Waals surface area contributed by atoms with E-state index in [1.54, 1.807) is 0 Å². The highest BCUT2D eigenvalue weighted by molar-refractivity contribution is 5.91. The van der Waals surface area contributed by atoms with Gasteiger partial charge in [0.15, 0.2) is 5.83 Å². The van der Waals surface area contributed by atoms with E-state index in [-0.39, 0.29) is 0 Å². The zero-order valence-corrected chi connectivity index (χ0v) is 5.66. The van der Waals surface area contributed by atoms with E-state index in [0.29, 0.717) is 0 Å². The minimum Gasteiger partial charge on any atom is -0.466 e. The summed E-state index contributed by atoms with van der Waals surface area (Å²) in [5.74, 6) is -6.14. The average molecular weight is 166 g/mol. The van der Waals surface area contributed by atoms with E-state index in [1.165, 1.54) is 0 Å². The van der Waals surface area contributed by atoms with Crippen LogP contribution in [0, 0.1) is 0 Å². The standard InChI is InChI=1S/C6H5F3O2/c1-11-5(10)3-2-6(8,9)4(3)7/h2H2,1H3. The summed E-state index contributed by atoms with van der Waals surface area (Å²) in [5.41, 5.74) is -0.558. The van der Waals surface area contributed by atoms with Crippen LogP contribution in [-0.2, 0) is 9.53 Å². The molecule has 0 fully saturated rings. The minimum absolute atomic E-state index is 0.558. The number of hydrogen-bond donors (Lipinski definition) is 0. The molecule has 0 atom stereocenters. The topological polar surface area (TPSA) is 26.3 Å². The number of allylic oxidation sites excluding steroid dienone is 1. The van der Waals surface area contributed by atoms with Gasteiger partial charge >= 0.3 is 11.9 Å². The molecule has 0 saturated carbocycles. The summed E-state index contributed by atoms with van der Waals surface area (Å²) in [6, 6.07) is 0. The molecule has 0 N–H and O–H groups in total. The van der Waals surface area contributed by atoms with Gasteiger partial charge in [-0.3, -0.25) is 0 Å². The van der Waals surface area contributed by atoms with Crippen molar-refractivity contribution in [3.05, 3.63) is 11.4 Å². The average Bonchev–Trinajstić information content (AvgIpc) is 1.98. The maximum atomic E-state index is 12.2. The monoisotopic (exact) mass is 166 g/mol. The number of carbonyl (C=O) groups is 1. The van der Waals surface area contributed by atoms with Gasteiger partial charge in [0.2, 0.25) is 0 Å². The molecule has 0 unspecified atom stereocenters. The highest BCUT2D eigenvalue weighted by Gasteiger charge is 2.50. The van der Waals surface area contributed by atoms with Gasteiger partial charge in [0, 0.05) is 0 Å². The lowest BCUT2D eigenvalue weighted by molar-refractivity contribution is -0.139. The minimum atomic E-state index is -3.45. The van der Waals surface area contributed by atoms with Crippen molar-refractivity contribution in [3.8, 4) is 0 Å². The Labute approximate surface area is 60.6 Å². The molecule has 0 aromatic heterocycles. The van der Waals surface area contributed by atoms with Crippen LogP contribution in [0.4, 0.5) is 13.2 Å². The number of carbonyl (C=O) groups excluding carboxylic acids is 1. The van der Waals surface area contributed by atoms with Gasteiger partial charge < -0.3 is 4.74 Å². The lowest BCUT2D eigenvalue weighted by atomic mass is 9.93. The van der Waals surface area contributed by atoms with Crippen LogP contribution in [0.1, 0.15) is 6.42 Å². The van der Waals surface area contributed by atoms with Crippen molar-refractivity contribution in [1.29, 1.82) is 0 Å². The first-order valence-electron chi connectivity index (χ1n) is 2.84. The Morgan fingerprint density at radius 2 is 2.18 bits per heavy atom. The van der Waals surface area contributed by atoms with Crippen molar-refractivity contribution >= 4 is 5.97 Å². The van der Waals surface area contributed by atoms with Gasteiger partial charge in [-0.15, -0.1) is 0 Å². The Hall–Kier alpha value is -1.00. The molecule has 2 nitrogen and oxygen atoms in total. The predicted molar refractivity (Wildman–Crippen MR) is 29.7 cm³/mol. The Balaban J connectivity index is 2.81. The summed E-state index contributed by atoms with van der Waals surface area (Å²) >= 11 is 0. The number of esters is 1. The molecule has 11 heavy (non-hydrogen) atoms. The van der Waals surface area contributed by atoms with Crippen LogP contribution in [0.25, 0.3) is 0 Å². The molecule has 0 saturated heterocycles. The van der Waals surface area contributed by atoms with Crippen molar-refractivity contribution in [2.75, 3.05) is 7.11 Å². The Kier molecular flexibility index (Phi) is 1.66. The molecule has 0 amide bonds. The number of hydrogen-bond acceptors (Lipinski definition) is 2. The van der Waals surface area contributed by atoms with Crippen LogP contribution in [0.2, 0.25) is 0 Å². The molecular formula is C6H5F3O2. The molecule has 0 aliphatic heterocycles. The fourth-order valence-corrected chi connectivity index (χ4v) is 0.776. The Morgan fingerprint density at radius 3 is 2.45 bits per heavy atom. The molecule has 0 spiro atoms. The maximum absolute atomic E-state index is 12.2. The number of ether oxygens (including phenoxy) is 1. The highest BCUT2D eigenvalue weighted by Crippen LogP contribution is 2.44. The Morgan fingerprint density at radius 1 is 1.64 bits per heavy atom. The van der Waals surface area contributed by atoms with Gasteiger partial charge in [-0.2, -0.15) is 8.78 Å². The molecule has 0 aromatic carbocycles. The molecule has 5 heteroatoms. The fourth-order valence-electron chi connectivity index (χ4n) is 0.776. The summed E-state index contributed by atoms with van der Waals surface area (Å²) in [4.78, 5) is 10.4. The van der Waals surface area contributed by atoms with Gasteiger partial charge in [0.1, 0.15) is 0 Å². The van der Waals surface area contributed by atoms with Crippen LogP contribution in [-0.4, -0.2) is 19.0 Å². The number of rotatable bonds is 1. The van der Waals surface area contributed by atoms with Gasteiger partial charge in [-0.25, -0.2) is 9.18 Å². The van der Waals surface area contributed by atoms with Gasteiger partial charge in [-0.05, 0) is 0 Å². The van der Waals surface area contributed by atoms with Crippen molar-refractivity contribution in [2.45, 2.75) is 12.3 Å². The lowest BCUT2D eigenvalue weighted by Crippen LogP contribution is -2.33. The summed E-state index contributed by atoms with van der Waals surface area (Å²) in [6.45, 7) is 0. The molecule has 1 rings (SSSR count). The summed E-state index contributed by atoms with van der Waals surface area (Å²) in [6.07, 6.45) is -0.856. The van der Waals surface area contributed by atoms with Crippen molar-refractivity contribution < 1.29 is 22.7 Å². The maximum Gasteiger partial charge on any atom is 0.336 e. The summed E-state index contributed by atoms with van der Waals surface area (Å²) in [7, 11) is 1.01. The number of methoxy groups -OCH3 is 1. The van der Waals surface area contributed by atoms with Gasteiger partial charge in [0.25, 0.3) is 0 Å². The highest BCUT2D eigenvalue weighted by atomic mass is 19.3. The van der Waals surface area contributed by atoms with E-state index in [9.17, 15) is 18.0 Å². The summed E-state index contributed by atoms with van der Waals surface area (Å²) < 4.78 is 40.3. The fraction of sp³-hybridized carbons (Fsp3) is 0.500. The molecule has 0 heterocycles. The van der Waals surface area contributed by atoms with Crippen molar-refractivity contribution in [2.24, 2.45) is 0 Å². The molecule has 0 aromatic rings. The molecule has 0 radical (unpaired) electrons. The first-order chi connectivity index (χ1) is 4.99. The van der Waals surface area contributed by atoms with Crippen LogP contribution in [0.5, 0.6) is 0 Å². The molecular weight excluding hydrogens is 161 g/mol. The SMILES string of the molecule is COC(=O)C1=C(F)C(F)(F)C1. The second-order valence-electron chi connectivity index (χ2n) is 2.17. The van der Waals surface area contributed by atoms with Crippen LogP contribution in [0.15, 0.2) is 11.4 Å². The van der Waals surface area contributed by atoms with E-state index in [2.05, 4.69) is 4.74 Å².